The van der Waals surface area contributed by atoms with E-state index in [1.54, 1.807) is 0 Å². The Morgan fingerprint density at radius 2 is 1.87 bits per heavy atom. The van der Waals surface area contributed by atoms with E-state index >= 15 is 0 Å². The quantitative estimate of drug-likeness (QED) is 0.880. The maximum absolute atomic E-state index is 13.0. The SMILES string of the molecule is O=C(Nc1ccc2c(c1)OCO2)C12CC3CC(CC(O)(C3)C1)C2. The molecule has 0 saturated heterocycles. The normalized spacial score (nSPS) is 39.5. The highest BCUT2D eigenvalue weighted by molar-refractivity contribution is 5.96. The summed E-state index contributed by atoms with van der Waals surface area (Å²) in [6.07, 6.45) is 5.39. The molecule has 5 nitrogen and oxygen atoms in total. The highest BCUT2D eigenvalue weighted by atomic mass is 16.7. The van der Waals surface area contributed by atoms with Crippen molar-refractivity contribution in [1.82, 2.24) is 0 Å². The van der Waals surface area contributed by atoms with Gasteiger partial charge in [0.25, 0.3) is 0 Å². The van der Waals surface area contributed by atoms with E-state index in [9.17, 15) is 9.90 Å². The molecule has 1 aliphatic heterocycles. The van der Waals surface area contributed by atoms with Crippen LogP contribution < -0.4 is 14.8 Å². The first-order chi connectivity index (χ1) is 11.0. The first-order valence-corrected chi connectivity index (χ1v) is 8.47. The molecule has 4 saturated carbocycles. The molecule has 0 radical (unpaired) electrons. The number of carbonyl (C=O) groups is 1. The van der Waals surface area contributed by atoms with E-state index in [1.807, 2.05) is 18.2 Å². The number of carbonyl (C=O) groups excluding carboxylic acids is 1. The third kappa shape index (κ3) is 2.06. The lowest BCUT2D eigenvalue weighted by molar-refractivity contribution is -0.174. The lowest BCUT2D eigenvalue weighted by Crippen LogP contribution is -2.59. The molecule has 4 aliphatic carbocycles. The number of aliphatic hydroxyl groups is 1. The number of nitrogens with one attached hydrogen (secondary N) is 1. The van der Waals surface area contributed by atoms with Crippen LogP contribution in [0.5, 0.6) is 11.5 Å². The molecule has 2 N–H and O–H groups in total. The number of benzene rings is 1. The minimum absolute atomic E-state index is 0.0592. The minimum Gasteiger partial charge on any atom is -0.454 e. The molecule has 2 atom stereocenters. The minimum atomic E-state index is -0.615. The molecule has 1 aromatic carbocycles. The van der Waals surface area contributed by atoms with Crippen LogP contribution in [0, 0.1) is 17.3 Å². The van der Waals surface area contributed by atoms with Gasteiger partial charge in [-0.05, 0) is 62.5 Å². The molecule has 0 spiro atoms. The van der Waals surface area contributed by atoms with Crippen molar-refractivity contribution >= 4 is 11.6 Å². The molecular weight excluding hydrogens is 294 g/mol. The molecule has 0 aromatic heterocycles. The molecule has 1 amide bonds. The van der Waals surface area contributed by atoms with Crippen molar-refractivity contribution in [3.63, 3.8) is 0 Å². The van der Waals surface area contributed by atoms with Crippen LogP contribution in [0.2, 0.25) is 0 Å². The number of ether oxygens (including phenoxy) is 2. The average molecular weight is 315 g/mol. The largest absolute Gasteiger partial charge is 0.454 e. The number of amides is 1. The fraction of sp³-hybridized carbons (Fsp3) is 0.611. The molecule has 5 heteroatoms. The van der Waals surface area contributed by atoms with Gasteiger partial charge in [0.2, 0.25) is 12.7 Å². The van der Waals surface area contributed by atoms with Gasteiger partial charge in [0.05, 0.1) is 11.0 Å². The van der Waals surface area contributed by atoms with E-state index in [-0.39, 0.29) is 12.7 Å². The summed E-state index contributed by atoms with van der Waals surface area (Å²) in [6, 6.07) is 5.49. The topological polar surface area (TPSA) is 67.8 Å². The van der Waals surface area contributed by atoms with Crippen molar-refractivity contribution < 1.29 is 19.4 Å². The third-order valence-corrected chi connectivity index (χ3v) is 6.14. The average Bonchev–Trinajstić information content (AvgIpc) is 2.92. The molecule has 6 rings (SSSR count). The standard InChI is InChI=1S/C18H21NO4/c20-16(19-13-1-2-14-15(4-13)23-10-22-14)17-5-11-3-12(6-17)8-18(21,7-11)9-17/h1-2,4,11-12,21H,3,5-10H2,(H,19,20). The zero-order chi connectivity index (χ0) is 15.7. The van der Waals surface area contributed by atoms with Crippen LogP contribution in [-0.2, 0) is 4.79 Å². The Hall–Kier alpha value is -1.75. The monoisotopic (exact) mass is 315 g/mol. The molecule has 4 fully saturated rings. The summed E-state index contributed by atoms with van der Waals surface area (Å²) >= 11 is 0. The van der Waals surface area contributed by atoms with Crippen LogP contribution in [0.1, 0.15) is 38.5 Å². The Morgan fingerprint density at radius 3 is 2.61 bits per heavy atom. The molecule has 1 heterocycles. The van der Waals surface area contributed by atoms with Crippen LogP contribution >= 0.6 is 0 Å². The lowest BCUT2D eigenvalue weighted by atomic mass is 9.47. The van der Waals surface area contributed by atoms with Gasteiger partial charge in [0.15, 0.2) is 11.5 Å². The zero-order valence-electron chi connectivity index (χ0n) is 13.0. The van der Waals surface area contributed by atoms with Crippen molar-refractivity contribution in [2.45, 2.75) is 44.1 Å². The van der Waals surface area contributed by atoms with Gasteiger partial charge in [-0.15, -0.1) is 0 Å². The summed E-state index contributed by atoms with van der Waals surface area (Å²) in [7, 11) is 0. The Morgan fingerprint density at radius 1 is 1.13 bits per heavy atom. The highest BCUT2D eigenvalue weighted by Gasteiger charge is 2.60. The van der Waals surface area contributed by atoms with Gasteiger partial charge in [-0.2, -0.15) is 0 Å². The van der Waals surface area contributed by atoms with Gasteiger partial charge in [-0.25, -0.2) is 0 Å². The van der Waals surface area contributed by atoms with Crippen LogP contribution in [-0.4, -0.2) is 23.4 Å². The second-order valence-corrected chi connectivity index (χ2v) is 7.99. The van der Waals surface area contributed by atoms with Crippen molar-refractivity contribution in [1.29, 1.82) is 0 Å². The molecule has 5 aliphatic rings. The summed E-state index contributed by atoms with van der Waals surface area (Å²) in [5.41, 5.74) is -0.270. The van der Waals surface area contributed by atoms with Crippen molar-refractivity contribution in [2.75, 3.05) is 12.1 Å². The smallest absolute Gasteiger partial charge is 0.231 e. The molecule has 122 valence electrons. The van der Waals surface area contributed by atoms with Crippen LogP contribution in [0.25, 0.3) is 0 Å². The summed E-state index contributed by atoms with van der Waals surface area (Å²) in [5, 5.41) is 13.9. The van der Waals surface area contributed by atoms with Crippen molar-refractivity contribution in [2.24, 2.45) is 17.3 Å². The van der Waals surface area contributed by atoms with Gasteiger partial charge in [0.1, 0.15) is 0 Å². The van der Waals surface area contributed by atoms with Crippen molar-refractivity contribution in [3.8, 4) is 11.5 Å². The first-order valence-electron chi connectivity index (χ1n) is 8.47. The zero-order valence-corrected chi connectivity index (χ0v) is 13.0. The molecule has 4 bridgehead atoms. The second kappa shape index (κ2) is 4.41. The summed E-state index contributed by atoms with van der Waals surface area (Å²) in [4.78, 5) is 13.0. The van der Waals surface area contributed by atoms with E-state index in [0.717, 1.165) is 31.4 Å². The van der Waals surface area contributed by atoms with Gasteiger partial charge in [0, 0.05) is 11.8 Å². The first kappa shape index (κ1) is 13.7. The molecule has 23 heavy (non-hydrogen) atoms. The maximum Gasteiger partial charge on any atom is 0.231 e. The Balaban J connectivity index is 1.40. The Kier molecular flexibility index (Phi) is 2.62. The van der Waals surface area contributed by atoms with Crippen molar-refractivity contribution in [3.05, 3.63) is 18.2 Å². The van der Waals surface area contributed by atoms with Crippen LogP contribution in [0.3, 0.4) is 0 Å². The molecular formula is C18H21NO4. The predicted octanol–water partition coefficient (Wildman–Crippen LogP) is 2.69. The summed E-state index contributed by atoms with van der Waals surface area (Å²) < 4.78 is 10.7. The van der Waals surface area contributed by atoms with Gasteiger partial charge in [-0.3, -0.25) is 4.79 Å². The third-order valence-electron chi connectivity index (χ3n) is 6.14. The van der Waals surface area contributed by atoms with E-state index in [4.69, 9.17) is 9.47 Å². The summed E-state index contributed by atoms with van der Waals surface area (Å²) in [6.45, 7) is 0.229. The maximum atomic E-state index is 13.0. The highest BCUT2D eigenvalue weighted by Crippen LogP contribution is 2.61. The van der Waals surface area contributed by atoms with E-state index in [0.29, 0.717) is 29.8 Å². The molecule has 1 aromatic rings. The van der Waals surface area contributed by atoms with E-state index < -0.39 is 11.0 Å². The Labute approximate surface area is 135 Å². The number of hydrogen-bond donors (Lipinski definition) is 2. The number of hydrogen-bond acceptors (Lipinski definition) is 4. The fourth-order valence-electron chi connectivity index (χ4n) is 5.72. The predicted molar refractivity (Wildman–Crippen MR) is 83.3 cm³/mol. The van der Waals surface area contributed by atoms with E-state index in [2.05, 4.69) is 5.32 Å². The van der Waals surface area contributed by atoms with Gasteiger partial charge >= 0.3 is 0 Å². The van der Waals surface area contributed by atoms with Crippen LogP contribution in [0.15, 0.2) is 18.2 Å². The number of anilines is 1. The fourth-order valence-corrected chi connectivity index (χ4v) is 5.72. The molecule has 2 unspecified atom stereocenters. The number of rotatable bonds is 2. The van der Waals surface area contributed by atoms with Gasteiger partial charge in [-0.1, -0.05) is 0 Å². The van der Waals surface area contributed by atoms with Crippen LogP contribution in [0.4, 0.5) is 5.69 Å². The lowest BCUT2D eigenvalue weighted by Gasteiger charge is -2.59. The summed E-state index contributed by atoms with van der Waals surface area (Å²) in [5.74, 6) is 2.45. The second-order valence-electron chi connectivity index (χ2n) is 7.99. The van der Waals surface area contributed by atoms with E-state index in [1.165, 1.54) is 6.42 Å². The number of fused-ring (bicyclic) bond motifs is 1. The van der Waals surface area contributed by atoms with Gasteiger partial charge < -0.3 is 19.9 Å². The Bertz CT molecular complexity index is 672.